The Morgan fingerprint density at radius 3 is 1.41 bits per heavy atom. The van der Waals surface area contributed by atoms with Gasteiger partial charge in [0.05, 0.1) is 45.6 Å². The van der Waals surface area contributed by atoms with E-state index in [1.54, 1.807) is 44.2 Å². The van der Waals surface area contributed by atoms with Crippen molar-refractivity contribution in [3.63, 3.8) is 0 Å². The van der Waals surface area contributed by atoms with Crippen LogP contribution in [0.4, 0.5) is 0 Å². The molecule has 31 N–H and O–H groups in total. The maximum absolute atomic E-state index is 14.8. The number of likely N-dealkylation sites (tertiary alicyclic amines) is 2. The summed E-state index contributed by atoms with van der Waals surface area (Å²) >= 11 is 8.62. The number of hydrogen-bond donors (Lipinski definition) is 28. The Kier molecular flexibility index (Phi) is 48.9. The highest BCUT2D eigenvalue weighted by molar-refractivity contribution is 7.80. The van der Waals surface area contributed by atoms with Crippen LogP contribution in [0, 0.1) is 16.7 Å². The summed E-state index contributed by atoms with van der Waals surface area (Å²) in [6, 6.07) is -8.11. The third kappa shape index (κ3) is 40.0. The van der Waals surface area contributed by atoms with Crippen LogP contribution >= 0.6 is 25.3 Å². The quantitative estimate of drug-likeness (QED) is 0.0127. The van der Waals surface area contributed by atoms with E-state index in [1.165, 1.54) is 17.4 Å². The molecule has 48 nitrogen and oxygen atoms in total. The Bertz CT molecular complexity index is 4120. The number of unbranched alkanes of at least 4 members (excludes halogenated alkanes) is 2. The van der Waals surface area contributed by atoms with Crippen molar-refractivity contribution in [2.45, 2.75) is 215 Å². The molecule has 3 heterocycles. The molecule has 0 saturated carbocycles. The van der Waals surface area contributed by atoms with Crippen LogP contribution in [0.15, 0.2) is 42.9 Å². The number of aliphatic carboxylic acids is 1. The Hall–Kier alpha value is -12.5. The van der Waals surface area contributed by atoms with Gasteiger partial charge in [0, 0.05) is 68.8 Å². The number of amides is 18. The number of benzene rings is 1. The van der Waals surface area contributed by atoms with E-state index in [0.29, 0.717) is 36.9 Å². The lowest BCUT2D eigenvalue weighted by Crippen LogP contribution is -2.61. The van der Waals surface area contributed by atoms with E-state index in [9.17, 15) is 96.2 Å². The first-order chi connectivity index (χ1) is 60.9. The fourth-order valence-corrected chi connectivity index (χ4v) is 14.0. The second-order valence-electron chi connectivity index (χ2n) is 30.8. The topological polar surface area (TPSA) is 762 Å². The molecule has 710 valence electrons. The summed E-state index contributed by atoms with van der Waals surface area (Å²) in [7, 11) is 0. The molecule has 0 spiro atoms. The molecule has 128 heavy (non-hydrogen) atoms. The number of thiol groups is 2. The number of aromatic nitrogens is 2. The Labute approximate surface area is 750 Å². The van der Waals surface area contributed by atoms with E-state index in [-0.39, 0.29) is 134 Å². The predicted octanol–water partition coefficient (Wildman–Crippen LogP) is -9.33. The summed E-state index contributed by atoms with van der Waals surface area (Å²) in [5.74, 6) is -18.3. The first-order valence-electron chi connectivity index (χ1n) is 42.2. The SMILES string of the molecule is CCCC[C@@H](NC(=O)[C@@H]1CCCN1C(=O)CNC(=O)[C@H](CCCCN)NC(=O)[C@H](Cc1cnc[nH]1)NC(=O)[C@@H](CS)NC(=O)[C@@H](CC(C)C)NC(=O)[C@@H](CCCNC(=N)N)NC(=O)[C@H]1CCCN1C(=O)[C@@H](CCCNC(=N)N)NC(=O)[C@@H](CCC(N)=O)NC(=O)CNC(=O)CNC(=O)CNC(=O)CNC(=O)CN)C(=O)N[C@H](CS)C(=O)N[C@H](Cc1ccccc1)C(=O)O. The number of carboxylic acid groups (broad SMARTS) is 1. The molecule has 2 aromatic rings. The van der Waals surface area contributed by atoms with Crippen molar-refractivity contribution < 1.29 is 96.2 Å². The van der Waals surface area contributed by atoms with Gasteiger partial charge in [0.15, 0.2) is 11.9 Å². The molecule has 2 fully saturated rings. The van der Waals surface area contributed by atoms with Gasteiger partial charge in [-0.2, -0.15) is 25.3 Å². The molecule has 0 radical (unpaired) electrons. The van der Waals surface area contributed by atoms with Gasteiger partial charge in [0.1, 0.15) is 72.5 Å². The monoisotopic (exact) mass is 1840 g/mol. The number of imidazole rings is 1. The van der Waals surface area contributed by atoms with Crippen molar-refractivity contribution in [3.05, 3.63) is 54.1 Å². The van der Waals surface area contributed by atoms with Crippen molar-refractivity contribution in [2.75, 3.05) is 83.5 Å². The standard InChI is InChI=1S/C78H126N28O20S2/c1-4-5-17-47(67(116)103-55(41-128)72(121)102-53(76(125)126)31-44-15-7-6-8-16-44)97-73(122)56-21-13-28-105(56)64(113)39-93-65(114)46(18-9-10-25-79)96-70(119)52(32-45-34-86-42-94-45)101-71(120)54(40-127)104-69(118)51(30-43(2)3)100-66(115)48(19-11-26-87-77(82)83)98-74(123)57-22-14-29-106(57)75(124)50(20-12-27-88-78(84)85)99-68(117)49(23-24-58(81)107)95-63(112)38-92-62(111)37-91-61(110)36-90-60(109)35-89-59(108)33-80/h6-8,15-16,34,42-43,46-57,127-128H,4-5,9-14,17-33,35-41,79-80H2,1-3H3,(H2,81,107)(H,86,94)(H,89,108)(H,90,109)(H,91,110)(H,92,111)(H,93,114)(H,95,112)(H,96,119)(H,97,122)(H,98,123)(H,99,117)(H,100,115)(H,101,120)(H,102,121)(H,103,116)(H,104,118)(H,125,126)(H4,82,83,87)(H4,84,85,88)/t46-,47+,48+,49+,50+,51+,52-,53+,54+,55+,56-,57+/m0/s1. The van der Waals surface area contributed by atoms with Crippen LogP contribution in [0.25, 0.3) is 0 Å². The first-order valence-corrected chi connectivity index (χ1v) is 43.5. The van der Waals surface area contributed by atoms with E-state index in [1.807, 2.05) is 6.92 Å². The minimum absolute atomic E-state index is 0.00815. The summed E-state index contributed by atoms with van der Waals surface area (Å²) in [6.45, 7) is 2.00. The summed E-state index contributed by atoms with van der Waals surface area (Å²) in [4.78, 5) is 267. The summed E-state index contributed by atoms with van der Waals surface area (Å²) in [5.41, 5.74) is 28.5. The lowest BCUT2D eigenvalue weighted by atomic mass is 10.0. The average Bonchev–Trinajstić information content (AvgIpc) is 1.70. The number of nitrogens with zero attached hydrogens (tertiary/aromatic N) is 3. The maximum Gasteiger partial charge on any atom is 0.326 e. The number of hydrogen-bond acceptors (Lipinski definition) is 26. The number of rotatable bonds is 59. The fraction of sp³-hybridized carbons (Fsp3) is 0.615. The minimum atomic E-state index is -1.58. The maximum atomic E-state index is 14.8. The number of carbonyl (C=O) groups is 19. The van der Waals surface area contributed by atoms with Gasteiger partial charge in [0.2, 0.25) is 106 Å². The average molecular weight is 1840 g/mol. The summed E-state index contributed by atoms with van der Waals surface area (Å²) < 4.78 is 0. The second kappa shape index (κ2) is 58.0. The van der Waals surface area contributed by atoms with Crippen molar-refractivity contribution in [2.24, 2.45) is 34.6 Å². The zero-order valence-corrected chi connectivity index (χ0v) is 73.8. The highest BCUT2D eigenvalue weighted by Crippen LogP contribution is 2.23. The van der Waals surface area contributed by atoms with Crippen molar-refractivity contribution in [1.82, 2.24) is 110 Å². The van der Waals surface area contributed by atoms with Crippen LogP contribution in [0.1, 0.15) is 141 Å². The lowest BCUT2D eigenvalue weighted by Gasteiger charge is -2.31. The highest BCUT2D eigenvalue weighted by Gasteiger charge is 2.42. The Balaban J connectivity index is 1.49. The van der Waals surface area contributed by atoms with Gasteiger partial charge in [-0.3, -0.25) is 97.1 Å². The molecule has 12 atom stereocenters. The third-order valence-corrected chi connectivity index (χ3v) is 20.9. The number of carbonyl (C=O) groups excluding carboxylic acids is 18. The Morgan fingerprint density at radius 2 is 0.914 bits per heavy atom. The minimum Gasteiger partial charge on any atom is -0.480 e. The third-order valence-electron chi connectivity index (χ3n) is 20.2. The number of H-pyrrole nitrogens is 1. The zero-order chi connectivity index (χ0) is 95.0. The summed E-state index contributed by atoms with van der Waals surface area (Å²) in [6.07, 6.45) is 3.79. The number of primary amides is 1. The highest BCUT2D eigenvalue weighted by atomic mass is 32.1. The van der Waals surface area contributed by atoms with Crippen LogP contribution in [0.2, 0.25) is 0 Å². The van der Waals surface area contributed by atoms with E-state index < -0.39 is 248 Å². The molecule has 0 bridgehead atoms. The molecule has 2 saturated heterocycles. The van der Waals surface area contributed by atoms with Crippen molar-refractivity contribution in [1.29, 1.82) is 10.8 Å². The van der Waals surface area contributed by atoms with E-state index in [0.717, 1.165) is 4.90 Å². The number of guanidine groups is 2. The smallest absolute Gasteiger partial charge is 0.326 e. The van der Waals surface area contributed by atoms with Gasteiger partial charge >= 0.3 is 5.97 Å². The van der Waals surface area contributed by atoms with Gasteiger partial charge in [-0.05, 0) is 108 Å². The van der Waals surface area contributed by atoms with Crippen LogP contribution in [0.3, 0.4) is 0 Å². The molecule has 50 heteroatoms. The van der Waals surface area contributed by atoms with Crippen LogP contribution < -0.4 is 119 Å². The normalized spacial score (nSPS) is 15.7. The summed E-state index contributed by atoms with van der Waals surface area (Å²) in [5, 5.41) is 67.9. The number of aromatic amines is 1. The van der Waals surface area contributed by atoms with Crippen molar-refractivity contribution in [3.8, 4) is 0 Å². The zero-order valence-electron chi connectivity index (χ0n) is 72.0. The van der Waals surface area contributed by atoms with E-state index in [2.05, 4.69) is 126 Å². The van der Waals surface area contributed by atoms with Crippen LogP contribution in [-0.2, 0) is 104 Å². The fourth-order valence-electron chi connectivity index (χ4n) is 13.4. The molecule has 2 aliphatic rings. The first kappa shape index (κ1) is 108. The Morgan fingerprint density at radius 1 is 0.477 bits per heavy atom. The second-order valence-corrected chi connectivity index (χ2v) is 31.6. The molecular formula is C78H126N28O20S2. The van der Waals surface area contributed by atoms with Crippen LogP contribution in [0.5, 0.6) is 0 Å². The van der Waals surface area contributed by atoms with Crippen LogP contribution in [-0.4, -0.2) is 305 Å². The van der Waals surface area contributed by atoms with E-state index >= 15 is 0 Å². The molecule has 1 aromatic carbocycles. The van der Waals surface area contributed by atoms with Gasteiger partial charge in [-0.15, -0.1) is 0 Å². The largest absolute Gasteiger partial charge is 0.480 e. The lowest BCUT2D eigenvalue weighted by molar-refractivity contribution is -0.142. The number of carboxylic acids is 1. The van der Waals surface area contributed by atoms with Crippen molar-refractivity contribution >= 4 is 149 Å². The van der Waals surface area contributed by atoms with Gasteiger partial charge < -0.3 is 139 Å². The molecule has 0 unspecified atom stereocenters. The number of nitrogens with two attached hydrogens (primary N) is 5. The van der Waals surface area contributed by atoms with E-state index in [4.69, 9.17) is 39.5 Å². The molecular weight excluding hydrogens is 1710 g/mol. The molecule has 1 aromatic heterocycles. The predicted molar refractivity (Wildman–Crippen MR) is 469 cm³/mol. The molecule has 0 aliphatic carbocycles. The molecule has 4 rings (SSSR count). The number of nitrogens with one attached hydrogen (secondary N) is 20. The van der Waals surface area contributed by atoms with Gasteiger partial charge in [0.25, 0.3) is 0 Å². The van der Waals surface area contributed by atoms with Gasteiger partial charge in [-0.1, -0.05) is 63.9 Å². The molecule has 18 amide bonds. The van der Waals surface area contributed by atoms with Gasteiger partial charge in [-0.25, -0.2) is 9.78 Å². The molecule has 2 aliphatic heterocycles.